The van der Waals surface area contributed by atoms with Gasteiger partial charge in [0.05, 0.1) is 5.56 Å². The van der Waals surface area contributed by atoms with Crippen molar-refractivity contribution in [3.05, 3.63) is 34.1 Å². The number of likely N-dealkylation sites (tertiary alicyclic amines) is 1. The maximum absolute atomic E-state index is 13.4. The molecule has 1 fully saturated rings. The Kier molecular flexibility index (Phi) is 2.78. The second kappa shape index (κ2) is 3.93. The van der Waals surface area contributed by atoms with Gasteiger partial charge in [-0.1, -0.05) is 22.9 Å². The van der Waals surface area contributed by atoms with E-state index >= 15 is 0 Å². The third kappa shape index (κ3) is 2.04. The predicted molar refractivity (Wildman–Crippen MR) is 59.2 cm³/mol. The standard InChI is InChI=1S/C11H11BrFNO/c1-7-5-14(6-7)11(15)9-4-8(12)2-3-10(9)13/h2-4,7H,5-6H2,1H3. The molecule has 0 saturated carbocycles. The van der Waals surface area contributed by atoms with E-state index < -0.39 is 5.82 Å². The number of carbonyl (C=O) groups excluding carboxylic acids is 1. The highest BCUT2D eigenvalue weighted by atomic mass is 79.9. The van der Waals surface area contributed by atoms with Crippen molar-refractivity contribution in [3.63, 3.8) is 0 Å². The topological polar surface area (TPSA) is 20.3 Å². The van der Waals surface area contributed by atoms with Gasteiger partial charge in [0.25, 0.3) is 5.91 Å². The molecule has 2 nitrogen and oxygen atoms in total. The highest BCUT2D eigenvalue weighted by Gasteiger charge is 2.29. The van der Waals surface area contributed by atoms with E-state index in [1.165, 1.54) is 12.1 Å². The Bertz CT molecular complexity index is 402. The van der Waals surface area contributed by atoms with Crippen molar-refractivity contribution in [3.8, 4) is 0 Å². The molecule has 0 unspecified atom stereocenters. The van der Waals surface area contributed by atoms with Gasteiger partial charge in [0.1, 0.15) is 5.82 Å². The minimum absolute atomic E-state index is 0.149. The van der Waals surface area contributed by atoms with Gasteiger partial charge in [0.2, 0.25) is 0 Å². The summed E-state index contributed by atoms with van der Waals surface area (Å²) >= 11 is 3.23. The summed E-state index contributed by atoms with van der Waals surface area (Å²) in [6, 6.07) is 4.42. The number of benzene rings is 1. The molecule has 0 aromatic heterocycles. The second-order valence-corrected chi connectivity index (χ2v) is 4.86. The molecule has 0 atom stereocenters. The van der Waals surface area contributed by atoms with E-state index in [4.69, 9.17) is 0 Å². The number of hydrogen-bond acceptors (Lipinski definition) is 1. The Hall–Kier alpha value is -0.900. The molecule has 0 N–H and O–H groups in total. The van der Waals surface area contributed by atoms with E-state index in [1.807, 2.05) is 0 Å². The van der Waals surface area contributed by atoms with E-state index in [0.717, 1.165) is 17.6 Å². The molecule has 80 valence electrons. The molecule has 0 spiro atoms. The van der Waals surface area contributed by atoms with Crippen molar-refractivity contribution in [1.82, 2.24) is 4.90 Å². The summed E-state index contributed by atoms with van der Waals surface area (Å²) in [4.78, 5) is 13.5. The van der Waals surface area contributed by atoms with E-state index in [-0.39, 0.29) is 11.5 Å². The molecule has 1 aliphatic heterocycles. The van der Waals surface area contributed by atoms with Gasteiger partial charge in [-0.2, -0.15) is 0 Å². The van der Waals surface area contributed by atoms with Gasteiger partial charge >= 0.3 is 0 Å². The van der Waals surface area contributed by atoms with Crippen molar-refractivity contribution in [2.45, 2.75) is 6.92 Å². The van der Waals surface area contributed by atoms with Crippen molar-refractivity contribution >= 4 is 21.8 Å². The zero-order chi connectivity index (χ0) is 11.0. The molecule has 1 aromatic carbocycles. The van der Waals surface area contributed by atoms with Crippen molar-refractivity contribution in [1.29, 1.82) is 0 Å². The Labute approximate surface area is 96.2 Å². The third-order valence-electron chi connectivity index (χ3n) is 2.51. The number of hydrogen-bond donors (Lipinski definition) is 0. The van der Waals surface area contributed by atoms with E-state index in [2.05, 4.69) is 22.9 Å². The van der Waals surface area contributed by atoms with Gasteiger partial charge in [0, 0.05) is 17.6 Å². The lowest BCUT2D eigenvalue weighted by Gasteiger charge is -2.37. The lowest BCUT2D eigenvalue weighted by Crippen LogP contribution is -2.48. The van der Waals surface area contributed by atoms with E-state index in [9.17, 15) is 9.18 Å². The van der Waals surface area contributed by atoms with Crippen LogP contribution in [0.5, 0.6) is 0 Å². The zero-order valence-corrected chi connectivity index (χ0v) is 9.92. The molecule has 1 aromatic rings. The number of amides is 1. The highest BCUT2D eigenvalue weighted by Crippen LogP contribution is 2.21. The molecule has 4 heteroatoms. The van der Waals surface area contributed by atoms with Gasteiger partial charge < -0.3 is 4.90 Å². The van der Waals surface area contributed by atoms with E-state index in [1.54, 1.807) is 11.0 Å². The first kappa shape index (κ1) is 10.6. The first-order valence-corrected chi connectivity index (χ1v) is 5.61. The molecule has 0 aliphatic carbocycles. The van der Waals surface area contributed by atoms with Crippen LogP contribution in [0.15, 0.2) is 22.7 Å². The minimum Gasteiger partial charge on any atom is -0.338 e. The average Bonchev–Trinajstić information content (AvgIpc) is 2.16. The van der Waals surface area contributed by atoms with Gasteiger partial charge in [-0.15, -0.1) is 0 Å². The first-order valence-electron chi connectivity index (χ1n) is 4.82. The summed E-state index contributed by atoms with van der Waals surface area (Å²) in [7, 11) is 0. The fraction of sp³-hybridized carbons (Fsp3) is 0.364. The minimum atomic E-state index is -0.456. The van der Waals surface area contributed by atoms with Gasteiger partial charge in [-0.05, 0) is 24.1 Å². The van der Waals surface area contributed by atoms with Crippen LogP contribution in [0, 0.1) is 11.7 Å². The van der Waals surface area contributed by atoms with Gasteiger partial charge in [0.15, 0.2) is 0 Å². The molecule has 1 heterocycles. The Morgan fingerprint density at radius 3 is 2.80 bits per heavy atom. The van der Waals surface area contributed by atoms with Crippen LogP contribution in [0.2, 0.25) is 0 Å². The third-order valence-corrected chi connectivity index (χ3v) is 3.00. The summed E-state index contributed by atoms with van der Waals surface area (Å²) in [5.74, 6) is -0.140. The van der Waals surface area contributed by atoms with Crippen LogP contribution in [0.25, 0.3) is 0 Å². The maximum atomic E-state index is 13.4. The summed E-state index contributed by atoms with van der Waals surface area (Å²) in [5, 5.41) is 0. The lowest BCUT2D eigenvalue weighted by atomic mass is 10.0. The molecule has 2 rings (SSSR count). The molecule has 1 saturated heterocycles. The largest absolute Gasteiger partial charge is 0.338 e. The second-order valence-electron chi connectivity index (χ2n) is 3.94. The Morgan fingerprint density at radius 2 is 2.20 bits per heavy atom. The molecule has 0 bridgehead atoms. The van der Waals surface area contributed by atoms with Crippen molar-refractivity contribution in [2.24, 2.45) is 5.92 Å². The fourth-order valence-corrected chi connectivity index (χ4v) is 2.06. The van der Waals surface area contributed by atoms with Gasteiger partial charge in [-0.3, -0.25) is 4.79 Å². The molecular weight excluding hydrogens is 261 g/mol. The molecule has 1 aliphatic rings. The van der Waals surface area contributed by atoms with Gasteiger partial charge in [-0.25, -0.2) is 4.39 Å². The summed E-state index contributed by atoms with van der Waals surface area (Å²) < 4.78 is 14.1. The van der Waals surface area contributed by atoms with Crippen LogP contribution in [0.1, 0.15) is 17.3 Å². The van der Waals surface area contributed by atoms with Crippen LogP contribution in [-0.4, -0.2) is 23.9 Å². The normalized spacial score (nSPS) is 16.3. The maximum Gasteiger partial charge on any atom is 0.256 e. The van der Waals surface area contributed by atoms with Crippen molar-refractivity contribution in [2.75, 3.05) is 13.1 Å². The lowest BCUT2D eigenvalue weighted by molar-refractivity contribution is 0.0525. The first-order chi connectivity index (χ1) is 7.08. The monoisotopic (exact) mass is 271 g/mol. The van der Waals surface area contributed by atoms with E-state index in [0.29, 0.717) is 5.92 Å². The van der Waals surface area contributed by atoms with Crippen LogP contribution in [0.3, 0.4) is 0 Å². The number of halogens is 2. The van der Waals surface area contributed by atoms with Crippen LogP contribution in [-0.2, 0) is 0 Å². The SMILES string of the molecule is CC1CN(C(=O)c2cc(Br)ccc2F)C1. The number of carbonyl (C=O) groups is 1. The molecule has 1 amide bonds. The molecule has 15 heavy (non-hydrogen) atoms. The molecule has 0 radical (unpaired) electrons. The zero-order valence-electron chi connectivity index (χ0n) is 8.34. The predicted octanol–water partition coefficient (Wildman–Crippen LogP) is 2.68. The number of rotatable bonds is 1. The molecular formula is C11H11BrFNO. The summed E-state index contributed by atoms with van der Waals surface area (Å²) in [5.41, 5.74) is 0.149. The van der Waals surface area contributed by atoms with Crippen LogP contribution >= 0.6 is 15.9 Å². The van der Waals surface area contributed by atoms with Crippen LogP contribution in [0.4, 0.5) is 4.39 Å². The van der Waals surface area contributed by atoms with Crippen LogP contribution < -0.4 is 0 Å². The smallest absolute Gasteiger partial charge is 0.256 e. The highest BCUT2D eigenvalue weighted by molar-refractivity contribution is 9.10. The Morgan fingerprint density at radius 1 is 1.53 bits per heavy atom. The number of nitrogens with zero attached hydrogens (tertiary/aromatic N) is 1. The fourth-order valence-electron chi connectivity index (χ4n) is 1.70. The summed E-state index contributed by atoms with van der Waals surface area (Å²) in [6.45, 7) is 3.52. The quantitative estimate of drug-likeness (QED) is 0.769. The summed E-state index contributed by atoms with van der Waals surface area (Å²) in [6.07, 6.45) is 0. The van der Waals surface area contributed by atoms with Crippen molar-refractivity contribution < 1.29 is 9.18 Å². The Balaban J connectivity index is 2.22. The average molecular weight is 272 g/mol.